The highest BCUT2D eigenvalue weighted by Crippen LogP contribution is 2.15. The highest BCUT2D eigenvalue weighted by atomic mass is 127. The molecule has 0 aliphatic carbocycles. The minimum Gasteiger partial charge on any atom is -0.379 e. The Morgan fingerprint density at radius 1 is 1.21 bits per heavy atom. The van der Waals surface area contributed by atoms with Crippen LogP contribution in [0.25, 0.3) is 0 Å². The van der Waals surface area contributed by atoms with Crippen LogP contribution in [0.1, 0.15) is 20.3 Å². The number of carbonyl (C=O) groups excluding carboxylic acids is 1. The van der Waals surface area contributed by atoms with Crippen LogP contribution in [0.15, 0.2) is 33.7 Å². The van der Waals surface area contributed by atoms with Crippen molar-refractivity contribution in [1.82, 2.24) is 15.5 Å². The molecule has 1 saturated heterocycles. The lowest BCUT2D eigenvalue weighted by molar-refractivity contribution is -0.116. The summed E-state index contributed by atoms with van der Waals surface area (Å²) in [7, 11) is 1.74. The fourth-order valence-electron chi connectivity index (χ4n) is 2.85. The normalized spacial score (nSPS) is 15.5. The Morgan fingerprint density at radius 2 is 1.86 bits per heavy atom. The topological polar surface area (TPSA) is 78.0 Å². The van der Waals surface area contributed by atoms with Gasteiger partial charge in [0.2, 0.25) is 5.91 Å². The number of amides is 1. The first kappa shape index (κ1) is 25.1. The lowest BCUT2D eigenvalue weighted by Gasteiger charge is -2.41. The molecule has 0 saturated carbocycles. The van der Waals surface area contributed by atoms with Gasteiger partial charge in [0, 0.05) is 55.3 Å². The van der Waals surface area contributed by atoms with E-state index >= 15 is 0 Å². The van der Waals surface area contributed by atoms with Crippen molar-refractivity contribution in [2.45, 2.75) is 25.8 Å². The van der Waals surface area contributed by atoms with Crippen molar-refractivity contribution in [3.63, 3.8) is 0 Å². The van der Waals surface area contributed by atoms with Gasteiger partial charge in [-0.25, -0.2) is 0 Å². The molecule has 0 atom stereocenters. The van der Waals surface area contributed by atoms with E-state index in [2.05, 4.69) is 55.6 Å². The van der Waals surface area contributed by atoms with Gasteiger partial charge in [-0.15, -0.1) is 24.0 Å². The van der Waals surface area contributed by atoms with Gasteiger partial charge in [-0.3, -0.25) is 14.7 Å². The zero-order chi connectivity index (χ0) is 19.7. The van der Waals surface area contributed by atoms with Crippen LogP contribution in [0.5, 0.6) is 0 Å². The number of aliphatic imine (C=N–C) groups is 1. The van der Waals surface area contributed by atoms with Crippen LogP contribution in [0.3, 0.4) is 0 Å². The summed E-state index contributed by atoms with van der Waals surface area (Å²) >= 11 is 3.38. The zero-order valence-corrected chi connectivity index (χ0v) is 20.7. The van der Waals surface area contributed by atoms with E-state index in [4.69, 9.17) is 4.74 Å². The Morgan fingerprint density at radius 3 is 2.46 bits per heavy atom. The van der Waals surface area contributed by atoms with Crippen molar-refractivity contribution < 1.29 is 9.53 Å². The molecule has 158 valence electrons. The maximum Gasteiger partial charge on any atom is 0.226 e. The molecule has 1 heterocycles. The first-order valence-electron chi connectivity index (χ1n) is 9.23. The fourth-order valence-corrected chi connectivity index (χ4v) is 3.12. The third-order valence-electron chi connectivity index (χ3n) is 4.55. The standard InChI is InChI=1S/C19H30BrN5O2.HI/c1-19(2,25-10-12-27-13-11-25)14-23-18(21-3)22-9-8-17(26)24-16-6-4-15(20)5-7-16;/h4-7H,8-14H2,1-3H3,(H,24,26)(H2,21,22,23);1H. The number of hydrogen-bond donors (Lipinski definition) is 3. The molecule has 0 bridgehead atoms. The molecular weight excluding hydrogens is 537 g/mol. The van der Waals surface area contributed by atoms with Crippen molar-refractivity contribution in [3.8, 4) is 0 Å². The molecule has 0 radical (unpaired) electrons. The van der Waals surface area contributed by atoms with Crippen molar-refractivity contribution >= 4 is 57.5 Å². The van der Waals surface area contributed by atoms with Crippen LogP contribution in [0.4, 0.5) is 5.69 Å². The number of benzene rings is 1. The second-order valence-electron chi connectivity index (χ2n) is 7.07. The van der Waals surface area contributed by atoms with E-state index in [1.807, 2.05) is 24.3 Å². The predicted molar refractivity (Wildman–Crippen MR) is 129 cm³/mol. The summed E-state index contributed by atoms with van der Waals surface area (Å²) in [6.45, 7) is 9.15. The van der Waals surface area contributed by atoms with E-state index in [9.17, 15) is 4.79 Å². The quantitative estimate of drug-likeness (QED) is 0.268. The summed E-state index contributed by atoms with van der Waals surface area (Å²) in [5.41, 5.74) is 0.790. The number of rotatable bonds is 7. The van der Waals surface area contributed by atoms with E-state index in [0.717, 1.165) is 43.0 Å². The first-order valence-corrected chi connectivity index (χ1v) is 10.0. The van der Waals surface area contributed by atoms with Crippen LogP contribution < -0.4 is 16.0 Å². The summed E-state index contributed by atoms with van der Waals surface area (Å²) in [4.78, 5) is 18.7. The molecule has 1 aromatic carbocycles. The predicted octanol–water partition coefficient (Wildman–Crippen LogP) is 2.67. The molecule has 9 heteroatoms. The minimum atomic E-state index is -0.0334. The second-order valence-corrected chi connectivity index (χ2v) is 7.99. The molecule has 1 fully saturated rings. The Kier molecular flexibility index (Phi) is 11.3. The molecular formula is C19H31BrIN5O2. The molecule has 0 aromatic heterocycles. The highest BCUT2D eigenvalue weighted by molar-refractivity contribution is 14.0. The molecule has 1 aliphatic heterocycles. The van der Waals surface area contributed by atoms with E-state index in [0.29, 0.717) is 18.9 Å². The fraction of sp³-hybridized carbons (Fsp3) is 0.579. The molecule has 0 unspecified atom stereocenters. The smallest absolute Gasteiger partial charge is 0.226 e. The second kappa shape index (κ2) is 12.6. The number of nitrogens with zero attached hydrogens (tertiary/aromatic N) is 2. The van der Waals surface area contributed by atoms with Crippen LogP contribution in [-0.4, -0.2) is 68.7 Å². The Balaban J connectivity index is 0.00000392. The van der Waals surface area contributed by atoms with Crippen LogP contribution in [-0.2, 0) is 9.53 Å². The van der Waals surface area contributed by atoms with Crippen molar-refractivity contribution in [2.24, 2.45) is 4.99 Å². The highest BCUT2D eigenvalue weighted by Gasteiger charge is 2.28. The maximum absolute atomic E-state index is 12.0. The number of hydrogen-bond acceptors (Lipinski definition) is 4. The maximum atomic E-state index is 12.0. The largest absolute Gasteiger partial charge is 0.379 e. The van der Waals surface area contributed by atoms with Crippen molar-refractivity contribution in [3.05, 3.63) is 28.7 Å². The molecule has 1 aromatic rings. The summed E-state index contributed by atoms with van der Waals surface area (Å²) < 4.78 is 6.41. The number of carbonyl (C=O) groups is 1. The molecule has 3 N–H and O–H groups in total. The third-order valence-corrected chi connectivity index (χ3v) is 5.08. The van der Waals surface area contributed by atoms with Crippen LogP contribution >= 0.6 is 39.9 Å². The average molecular weight is 568 g/mol. The van der Waals surface area contributed by atoms with Crippen LogP contribution in [0, 0.1) is 0 Å². The van der Waals surface area contributed by atoms with E-state index in [1.165, 1.54) is 0 Å². The lowest BCUT2D eigenvalue weighted by atomic mass is 10.0. The molecule has 28 heavy (non-hydrogen) atoms. The Bertz CT molecular complexity index is 634. The van der Waals surface area contributed by atoms with E-state index in [-0.39, 0.29) is 35.4 Å². The number of morpholine rings is 1. The third kappa shape index (κ3) is 8.62. The first-order chi connectivity index (χ1) is 12.9. The van der Waals surface area contributed by atoms with Gasteiger partial charge in [0.1, 0.15) is 0 Å². The molecule has 1 amide bonds. The van der Waals surface area contributed by atoms with Gasteiger partial charge in [-0.1, -0.05) is 15.9 Å². The van der Waals surface area contributed by atoms with Gasteiger partial charge < -0.3 is 20.7 Å². The Labute approximate surface area is 193 Å². The minimum absolute atomic E-state index is 0. The zero-order valence-electron chi connectivity index (χ0n) is 16.8. The summed E-state index contributed by atoms with van der Waals surface area (Å²) in [5.74, 6) is 0.668. The summed E-state index contributed by atoms with van der Waals surface area (Å²) in [5, 5.41) is 9.44. The molecule has 0 spiro atoms. The summed E-state index contributed by atoms with van der Waals surface area (Å²) in [6.07, 6.45) is 0.365. The van der Waals surface area contributed by atoms with Gasteiger partial charge in [0.05, 0.1) is 13.2 Å². The number of halogens is 2. The van der Waals surface area contributed by atoms with Gasteiger partial charge in [0.25, 0.3) is 0 Å². The number of anilines is 1. The van der Waals surface area contributed by atoms with Gasteiger partial charge in [-0.05, 0) is 38.1 Å². The van der Waals surface area contributed by atoms with Crippen molar-refractivity contribution in [1.29, 1.82) is 0 Å². The van der Waals surface area contributed by atoms with Gasteiger partial charge in [0.15, 0.2) is 5.96 Å². The summed E-state index contributed by atoms with van der Waals surface area (Å²) in [6, 6.07) is 7.53. The molecule has 7 nitrogen and oxygen atoms in total. The van der Waals surface area contributed by atoms with Gasteiger partial charge >= 0.3 is 0 Å². The monoisotopic (exact) mass is 567 g/mol. The Hall–Kier alpha value is -0.910. The van der Waals surface area contributed by atoms with Gasteiger partial charge in [-0.2, -0.15) is 0 Å². The van der Waals surface area contributed by atoms with E-state index < -0.39 is 0 Å². The lowest BCUT2D eigenvalue weighted by Crippen LogP contribution is -2.56. The van der Waals surface area contributed by atoms with Crippen molar-refractivity contribution in [2.75, 3.05) is 51.8 Å². The van der Waals surface area contributed by atoms with Crippen LogP contribution in [0.2, 0.25) is 0 Å². The number of ether oxygens (including phenoxy) is 1. The number of nitrogens with one attached hydrogen (secondary N) is 3. The van der Waals surface area contributed by atoms with E-state index in [1.54, 1.807) is 7.05 Å². The number of guanidine groups is 1. The molecule has 2 rings (SSSR count). The average Bonchev–Trinajstić information content (AvgIpc) is 2.67. The SMILES string of the molecule is CN=C(NCCC(=O)Nc1ccc(Br)cc1)NCC(C)(C)N1CCOCC1.I. The molecule has 1 aliphatic rings.